The van der Waals surface area contributed by atoms with Crippen LogP contribution in [0.25, 0.3) is 0 Å². The second-order valence-corrected chi connectivity index (χ2v) is 7.11. The Balaban J connectivity index is 1.41. The zero-order chi connectivity index (χ0) is 19.4. The van der Waals surface area contributed by atoms with Gasteiger partial charge in [0.2, 0.25) is 0 Å². The van der Waals surface area contributed by atoms with Crippen molar-refractivity contribution in [2.24, 2.45) is 0 Å². The number of rotatable bonds is 7. The van der Waals surface area contributed by atoms with Crippen LogP contribution in [0.5, 0.6) is 11.5 Å². The van der Waals surface area contributed by atoms with Crippen LogP contribution in [0.4, 0.5) is 4.79 Å². The summed E-state index contributed by atoms with van der Waals surface area (Å²) < 4.78 is 11.6. The quantitative estimate of drug-likeness (QED) is 0.747. The van der Waals surface area contributed by atoms with Crippen molar-refractivity contribution in [3.8, 4) is 11.5 Å². The van der Waals surface area contributed by atoms with E-state index in [9.17, 15) is 9.59 Å². The molecule has 3 rings (SSSR count). The van der Waals surface area contributed by atoms with Crippen LogP contribution in [0.1, 0.15) is 19.8 Å². The standard InChI is InChI=1S/C19H27N3O5/c1-3-22(11-18(23)24)14-8-13(9-14)20-19(25)21(2)10-15-12-26-16-6-4-5-7-17(16)27-15/h4-7,13-15H,3,8-12H2,1-2H3,(H,20,25)(H,23,24). The Kier molecular flexibility index (Phi) is 6.05. The number of nitrogens with zero attached hydrogens (tertiary/aromatic N) is 2. The van der Waals surface area contributed by atoms with Crippen molar-refractivity contribution < 1.29 is 24.2 Å². The third-order valence-electron chi connectivity index (χ3n) is 5.09. The Bertz CT molecular complexity index is 677. The van der Waals surface area contributed by atoms with Gasteiger partial charge in [-0.25, -0.2) is 4.79 Å². The minimum Gasteiger partial charge on any atom is -0.486 e. The number of carboxylic acid groups (broad SMARTS) is 1. The van der Waals surface area contributed by atoms with E-state index in [2.05, 4.69) is 5.32 Å². The molecule has 0 bridgehead atoms. The molecule has 8 nitrogen and oxygen atoms in total. The Morgan fingerprint density at radius 3 is 2.63 bits per heavy atom. The van der Waals surface area contributed by atoms with E-state index in [1.54, 1.807) is 11.9 Å². The molecule has 1 aliphatic heterocycles. The normalized spacial score (nSPS) is 23.4. The first-order valence-corrected chi connectivity index (χ1v) is 9.32. The topological polar surface area (TPSA) is 91.3 Å². The lowest BCUT2D eigenvalue weighted by Gasteiger charge is -2.42. The Labute approximate surface area is 159 Å². The number of para-hydroxylation sites is 2. The number of nitrogens with one attached hydrogen (secondary N) is 1. The van der Waals surface area contributed by atoms with Gasteiger partial charge in [-0.3, -0.25) is 9.69 Å². The summed E-state index contributed by atoms with van der Waals surface area (Å²) in [5.41, 5.74) is 0. The van der Waals surface area contributed by atoms with Gasteiger partial charge >= 0.3 is 12.0 Å². The smallest absolute Gasteiger partial charge is 0.317 e. The molecule has 1 aliphatic carbocycles. The van der Waals surface area contributed by atoms with Crippen LogP contribution in [0, 0.1) is 0 Å². The van der Waals surface area contributed by atoms with Gasteiger partial charge in [-0.2, -0.15) is 0 Å². The highest BCUT2D eigenvalue weighted by atomic mass is 16.6. The van der Waals surface area contributed by atoms with E-state index >= 15 is 0 Å². The maximum Gasteiger partial charge on any atom is 0.317 e. The fourth-order valence-electron chi connectivity index (χ4n) is 3.50. The van der Waals surface area contributed by atoms with E-state index in [1.807, 2.05) is 36.1 Å². The van der Waals surface area contributed by atoms with Gasteiger partial charge in [-0.1, -0.05) is 19.1 Å². The third kappa shape index (κ3) is 4.82. The predicted octanol–water partition coefficient (Wildman–Crippen LogP) is 1.41. The van der Waals surface area contributed by atoms with Crippen molar-refractivity contribution in [2.75, 3.05) is 33.3 Å². The second kappa shape index (κ2) is 8.47. The number of amides is 2. The van der Waals surface area contributed by atoms with E-state index in [0.717, 1.165) is 18.6 Å². The monoisotopic (exact) mass is 377 g/mol. The molecule has 1 aromatic rings. The molecular weight excluding hydrogens is 350 g/mol. The molecule has 1 aromatic carbocycles. The molecule has 1 saturated carbocycles. The average molecular weight is 377 g/mol. The Morgan fingerprint density at radius 2 is 1.96 bits per heavy atom. The van der Waals surface area contributed by atoms with Crippen LogP contribution >= 0.6 is 0 Å². The van der Waals surface area contributed by atoms with Gasteiger partial charge in [0.05, 0.1) is 13.1 Å². The van der Waals surface area contributed by atoms with Crippen LogP contribution in [0.15, 0.2) is 24.3 Å². The molecule has 0 saturated heterocycles. The van der Waals surface area contributed by atoms with Gasteiger partial charge in [0.1, 0.15) is 6.61 Å². The second-order valence-electron chi connectivity index (χ2n) is 7.11. The molecule has 1 heterocycles. The fourth-order valence-corrected chi connectivity index (χ4v) is 3.50. The summed E-state index contributed by atoms with van der Waals surface area (Å²) in [5, 5.41) is 11.9. The van der Waals surface area contributed by atoms with Crippen molar-refractivity contribution in [3.05, 3.63) is 24.3 Å². The van der Waals surface area contributed by atoms with Crippen LogP contribution < -0.4 is 14.8 Å². The molecule has 2 N–H and O–H groups in total. The minimum atomic E-state index is -0.819. The highest BCUT2D eigenvalue weighted by molar-refractivity contribution is 5.74. The van der Waals surface area contributed by atoms with Gasteiger partial charge in [0, 0.05) is 19.1 Å². The number of carboxylic acids is 1. The summed E-state index contributed by atoms with van der Waals surface area (Å²) in [6, 6.07) is 7.64. The van der Waals surface area contributed by atoms with Gasteiger partial charge < -0.3 is 24.8 Å². The number of carbonyl (C=O) groups is 2. The van der Waals surface area contributed by atoms with Gasteiger partial charge in [0.25, 0.3) is 0 Å². The van der Waals surface area contributed by atoms with Crippen molar-refractivity contribution in [2.45, 2.75) is 38.0 Å². The summed E-state index contributed by atoms with van der Waals surface area (Å²) in [6.07, 6.45) is 1.34. The number of carbonyl (C=O) groups excluding carboxylic acids is 1. The number of fused-ring (bicyclic) bond motifs is 1. The lowest BCUT2D eigenvalue weighted by molar-refractivity contribution is -0.139. The molecule has 0 radical (unpaired) electrons. The molecule has 2 aliphatic rings. The van der Waals surface area contributed by atoms with E-state index in [4.69, 9.17) is 14.6 Å². The molecule has 8 heteroatoms. The van der Waals surface area contributed by atoms with Crippen LogP contribution in [-0.4, -0.2) is 78.4 Å². The molecule has 148 valence electrons. The molecule has 0 aromatic heterocycles. The number of aliphatic carboxylic acids is 1. The first-order valence-electron chi connectivity index (χ1n) is 9.32. The molecule has 1 atom stereocenters. The van der Waals surface area contributed by atoms with Gasteiger partial charge in [-0.05, 0) is 31.5 Å². The summed E-state index contributed by atoms with van der Waals surface area (Å²) in [4.78, 5) is 26.8. The Hall–Kier alpha value is -2.48. The van der Waals surface area contributed by atoms with E-state index < -0.39 is 5.97 Å². The predicted molar refractivity (Wildman–Crippen MR) is 99.2 cm³/mol. The molecule has 2 amide bonds. The highest BCUT2D eigenvalue weighted by Crippen LogP contribution is 2.31. The summed E-state index contributed by atoms with van der Waals surface area (Å²) >= 11 is 0. The van der Waals surface area contributed by atoms with Crippen molar-refractivity contribution in [1.29, 1.82) is 0 Å². The summed E-state index contributed by atoms with van der Waals surface area (Å²) in [6.45, 7) is 3.52. The summed E-state index contributed by atoms with van der Waals surface area (Å²) in [7, 11) is 1.73. The summed E-state index contributed by atoms with van der Waals surface area (Å²) in [5.74, 6) is 0.603. The molecule has 0 spiro atoms. The first-order chi connectivity index (χ1) is 13.0. The number of benzene rings is 1. The Morgan fingerprint density at radius 1 is 1.26 bits per heavy atom. The van der Waals surface area contributed by atoms with Crippen LogP contribution in [-0.2, 0) is 4.79 Å². The number of urea groups is 1. The van der Waals surface area contributed by atoms with Crippen LogP contribution in [0.2, 0.25) is 0 Å². The van der Waals surface area contributed by atoms with Crippen molar-refractivity contribution >= 4 is 12.0 Å². The molecule has 1 unspecified atom stereocenters. The number of likely N-dealkylation sites (N-methyl/N-ethyl adjacent to an activating group) is 2. The number of hydrogen-bond donors (Lipinski definition) is 2. The van der Waals surface area contributed by atoms with Crippen LogP contribution in [0.3, 0.4) is 0 Å². The maximum atomic E-state index is 12.4. The maximum absolute atomic E-state index is 12.4. The molecule has 27 heavy (non-hydrogen) atoms. The lowest BCUT2D eigenvalue weighted by atomic mass is 9.85. The first kappa shape index (κ1) is 19.3. The zero-order valence-corrected chi connectivity index (χ0v) is 15.8. The van der Waals surface area contributed by atoms with E-state index in [0.29, 0.717) is 25.4 Å². The lowest BCUT2D eigenvalue weighted by Crippen LogP contribution is -2.57. The third-order valence-corrected chi connectivity index (χ3v) is 5.09. The fraction of sp³-hybridized carbons (Fsp3) is 0.579. The zero-order valence-electron chi connectivity index (χ0n) is 15.8. The van der Waals surface area contributed by atoms with Gasteiger partial charge in [0.15, 0.2) is 17.6 Å². The minimum absolute atomic E-state index is 0.0439. The van der Waals surface area contributed by atoms with Crippen molar-refractivity contribution in [1.82, 2.24) is 15.1 Å². The number of hydrogen-bond acceptors (Lipinski definition) is 5. The average Bonchev–Trinajstić information content (AvgIpc) is 2.62. The molecular formula is C19H27N3O5. The largest absolute Gasteiger partial charge is 0.486 e. The highest BCUT2D eigenvalue weighted by Gasteiger charge is 2.35. The van der Waals surface area contributed by atoms with Gasteiger partial charge in [-0.15, -0.1) is 0 Å². The van der Waals surface area contributed by atoms with E-state index in [1.165, 1.54) is 0 Å². The SMILES string of the molecule is CCN(CC(=O)O)C1CC(NC(=O)N(C)CC2COc3ccccc3O2)C1. The number of ether oxygens (including phenoxy) is 2. The molecule has 1 fully saturated rings. The van der Waals surface area contributed by atoms with Crippen molar-refractivity contribution in [3.63, 3.8) is 0 Å². The van der Waals surface area contributed by atoms with E-state index in [-0.39, 0.29) is 30.8 Å².